The number of aliphatic hydroxyl groups is 1. The zero-order chi connectivity index (χ0) is 14.0. The summed E-state index contributed by atoms with van der Waals surface area (Å²) in [7, 11) is 0. The van der Waals surface area contributed by atoms with E-state index in [4.69, 9.17) is 0 Å². The number of aliphatic hydroxyl groups excluding tert-OH is 1. The lowest BCUT2D eigenvalue weighted by Gasteiger charge is -2.34. The number of para-hydroxylation sites is 1. The van der Waals surface area contributed by atoms with E-state index in [1.54, 1.807) is 0 Å². The fourth-order valence-corrected chi connectivity index (χ4v) is 2.53. The molecule has 2 rings (SSSR count). The molecule has 1 aliphatic heterocycles. The quantitative estimate of drug-likeness (QED) is 0.845. The number of carbonyl (C=O) groups excluding carboxylic acids is 1. The van der Waals surface area contributed by atoms with Crippen LogP contribution in [0, 0.1) is 12.3 Å². The van der Waals surface area contributed by atoms with Crippen LogP contribution < -0.4 is 10.2 Å². The van der Waals surface area contributed by atoms with Crippen LogP contribution in [0.25, 0.3) is 0 Å². The van der Waals surface area contributed by atoms with Gasteiger partial charge >= 0.3 is 0 Å². The van der Waals surface area contributed by atoms with Crippen LogP contribution in [0.3, 0.4) is 0 Å². The third-order valence-electron chi connectivity index (χ3n) is 3.62. The number of carbonyl (C=O) groups is 1. The Morgan fingerprint density at radius 1 is 1.42 bits per heavy atom. The second kappa shape index (κ2) is 5.21. The van der Waals surface area contributed by atoms with Crippen molar-refractivity contribution in [2.45, 2.75) is 26.8 Å². The summed E-state index contributed by atoms with van der Waals surface area (Å²) in [4.78, 5) is 14.1. The van der Waals surface area contributed by atoms with Gasteiger partial charge in [-0.15, -0.1) is 0 Å². The fourth-order valence-electron chi connectivity index (χ4n) is 2.53. The molecule has 1 saturated heterocycles. The summed E-state index contributed by atoms with van der Waals surface area (Å²) in [5, 5.41) is 12.5. The molecule has 1 fully saturated rings. The predicted octanol–water partition coefficient (Wildman–Crippen LogP) is 1.32. The first kappa shape index (κ1) is 13.9. The molecule has 0 saturated carbocycles. The highest BCUT2D eigenvalue weighted by molar-refractivity contribution is 5.86. The Kier molecular flexibility index (Phi) is 3.80. The average molecular weight is 262 g/mol. The Balaban J connectivity index is 2.43. The van der Waals surface area contributed by atoms with Crippen molar-refractivity contribution in [1.82, 2.24) is 5.32 Å². The summed E-state index contributed by atoms with van der Waals surface area (Å²) in [6, 6.07) is 7.47. The van der Waals surface area contributed by atoms with Crippen molar-refractivity contribution in [2.24, 2.45) is 5.41 Å². The second-order valence-corrected chi connectivity index (χ2v) is 5.99. The number of hydrogen-bond acceptors (Lipinski definition) is 3. The predicted molar refractivity (Wildman–Crippen MR) is 76.2 cm³/mol. The summed E-state index contributed by atoms with van der Waals surface area (Å²) < 4.78 is 0. The molecule has 1 aromatic rings. The minimum absolute atomic E-state index is 0.0259. The van der Waals surface area contributed by atoms with Crippen molar-refractivity contribution in [3.05, 3.63) is 29.8 Å². The van der Waals surface area contributed by atoms with Gasteiger partial charge in [0.1, 0.15) is 6.04 Å². The van der Waals surface area contributed by atoms with Gasteiger partial charge in [0, 0.05) is 18.8 Å². The van der Waals surface area contributed by atoms with Crippen molar-refractivity contribution in [2.75, 3.05) is 24.6 Å². The van der Waals surface area contributed by atoms with E-state index in [0.717, 1.165) is 17.8 Å². The Morgan fingerprint density at radius 3 is 2.74 bits per heavy atom. The molecule has 4 nitrogen and oxygen atoms in total. The first-order valence-electron chi connectivity index (χ1n) is 6.65. The Bertz CT molecular complexity index is 471. The lowest BCUT2D eigenvalue weighted by Crippen LogP contribution is -2.47. The van der Waals surface area contributed by atoms with Gasteiger partial charge in [-0.2, -0.15) is 0 Å². The molecule has 0 aliphatic carbocycles. The number of hydrogen-bond donors (Lipinski definition) is 2. The van der Waals surface area contributed by atoms with E-state index in [-0.39, 0.29) is 17.9 Å². The molecule has 0 radical (unpaired) electrons. The minimum atomic E-state index is -0.511. The van der Waals surface area contributed by atoms with Gasteiger partial charge in [-0.05, 0) is 24.0 Å². The molecule has 1 unspecified atom stereocenters. The van der Waals surface area contributed by atoms with Crippen molar-refractivity contribution >= 4 is 11.6 Å². The van der Waals surface area contributed by atoms with Crippen LogP contribution in [0.1, 0.15) is 19.4 Å². The summed E-state index contributed by atoms with van der Waals surface area (Å²) in [5.74, 6) is -0.101. The Hall–Kier alpha value is -1.55. The molecule has 1 heterocycles. The third kappa shape index (κ3) is 2.89. The second-order valence-electron chi connectivity index (χ2n) is 5.99. The normalized spacial score (nSPS) is 22.8. The number of rotatable bonds is 2. The molecule has 0 aromatic heterocycles. The summed E-state index contributed by atoms with van der Waals surface area (Å²) in [6.07, 6.45) is 0. The summed E-state index contributed by atoms with van der Waals surface area (Å²) >= 11 is 0. The van der Waals surface area contributed by atoms with Crippen LogP contribution in [0.2, 0.25) is 0 Å². The fraction of sp³-hybridized carbons (Fsp3) is 0.533. The zero-order valence-electron chi connectivity index (χ0n) is 11.8. The third-order valence-corrected chi connectivity index (χ3v) is 3.62. The molecule has 2 N–H and O–H groups in total. The lowest BCUT2D eigenvalue weighted by atomic mass is 9.92. The SMILES string of the molecule is Cc1ccccc1N1CC(C)(C)CNC(=O)C1CO. The maximum atomic E-state index is 12.1. The van der Waals surface area contributed by atoms with Gasteiger partial charge in [0.25, 0.3) is 0 Å². The van der Waals surface area contributed by atoms with Gasteiger partial charge in [0.15, 0.2) is 0 Å². The zero-order valence-corrected chi connectivity index (χ0v) is 11.8. The molecule has 104 valence electrons. The summed E-state index contributed by atoms with van der Waals surface area (Å²) in [5.41, 5.74) is 2.11. The van der Waals surface area contributed by atoms with Crippen LogP contribution in [0.15, 0.2) is 24.3 Å². The molecule has 1 atom stereocenters. The van der Waals surface area contributed by atoms with E-state index in [2.05, 4.69) is 19.2 Å². The molecule has 19 heavy (non-hydrogen) atoms. The topological polar surface area (TPSA) is 52.6 Å². The maximum absolute atomic E-state index is 12.1. The van der Waals surface area contributed by atoms with Crippen LogP contribution in [-0.4, -0.2) is 36.8 Å². The number of aryl methyl sites for hydroxylation is 1. The van der Waals surface area contributed by atoms with Gasteiger partial charge in [-0.25, -0.2) is 0 Å². The molecule has 0 bridgehead atoms. The van der Waals surface area contributed by atoms with E-state index in [1.807, 2.05) is 36.1 Å². The van der Waals surface area contributed by atoms with Gasteiger partial charge in [-0.3, -0.25) is 4.79 Å². The monoisotopic (exact) mass is 262 g/mol. The van der Waals surface area contributed by atoms with Gasteiger partial charge in [0.05, 0.1) is 6.61 Å². The van der Waals surface area contributed by atoms with Crippen molar-refractivity contribution in [3.8, 4) is 0 Å². The highest BCUT2D eigenvalue weighted by atomic mass is 16.3. The molecule has 1 aliphatic rings. The van der Waals surface area contributed by atoms with Gasteiger partial charge in [0.2, 0.25) is 5.91 Å². The van der Waals surface area contributed by atoms with E-state index in [0.29, 0.717) is 6.54 Å². The first-order chi connectivity index (χ1) is 8.94. The molecule has 0 spiro atoms. The number of anilines is 1. The average Bonchev–Trinajstić information content (AvgIpc) is 2.47. The van der Waals surface area contributed by atoms with Gasteiger partial charge < -0.3 is 15.3 Å². The molecule has 1 amide bonds. The largest absolute Gasteiger partial charge is 0.394 e. The number of nitrogens with zero attached hydrogens (tertiary/aromatic N) is 1. The Labute approximate surface area is 114 Å². The first-order valence-corrected chi connectivity index (χ1v) is 6.65. The van der Waals surface area contributed by atoms with E-state index >= 15 is 0 Å². The van der Waals surface area contributed by atoms with Crippen molar-refractivity contribution in [3.63, 3.8) is 0 Å². The van der Waals surface area contributed by atoms with Crippen LogP contribution >= 0.6 is 0 Å². The Morgan fingerprint density at radius 2 is 2.11 bits per heavy atom. The van der Waals surface area contributed by atoms with Crippen molar-refractivity contribution in [1.29, 1.82) is 0 Å². The highest BCUT2D eigenvalue weighted by Crippen LogP contribution is 2.28. The van der Waals surface area contributed by atoms with Crippen molar-refractivity contribution < 1.29 is 9.90 Å². The number of benzene rings is 1. The summed E-state index contributed by atoms with van der Waals surface area (Å²) in [6.45, 7) is 7.47. The lowest BCUT2D eigenvalue weighted by molar-refractivity contribution is -0.122. The van der Waals surface area contributed by atoms with E-state index < -0.39 is 6.04 Å². The van der Waals surface area contributed by atoms with Crippen LogP contribution in [-0.2, 0) is 4.79 Å². The molecule has 1 aromatic carbocycles. The maximum Gasteiger partial charge on any atom is 0.245 e. The number of nitrogens with one attached hydrogen (secondary N) is 1. The van der Waals surface area contributed by atoms with Crippen LogP contribution in [0.4, 0.5) is 5.69 Å². The smallest absolute Gasteiger partial charge is 0.245 e. The molecular weight excluding hydrogens is 240 g/mol. The molecule has 4 heteroatoms. The van der Waals surface area contributed by atoms with Gasteiger partial charge in [-0.1, -0.05) is 32.0 Å². The highest BCUT2D eigenvalue weighted by Gasteiger charge is 2.35. The minimum Gasteiger partial charge on any atom is -0.394 e. The number of amides is 1. The van der Waals surface area contributed by atoms with E-state index in [9.17, 15) is 9.90 Å². The molecular formula is C15H22N2O2. The standard InChI is InChI=1S/C15H22N2O2/c1-11-6-4-5-7-12(11)17-10-15(2,3)9-16-14(19)13(17)8-18/h4-7,13,18H,8-10H2,1-3H3,(H,16,19). The van der Waals surface area contributed by atoms with Crippen LogP contribution in [0.5, 0.6) is 0 Å². The van der Waals surface area contributed by atoms with E-state index in [1.165, 1.54) is 0 Å².